The van der Waals surface area contributed by atoms with Gasteiger partial charge in [0.15, 0.2) is 0 Å². The molecule has 61 heavy (non-hydrogen) atoms. The molecule has 7 aromatic rings. The lowest BCUT2D eigenvalue weighted by molar-refractivity contribution is 0.0592. The monoisotopic (exact) mass is 804 g/mol. The van der Waals surface area contributed by atoms with E-state index in [4.69, 9.17) is 24.2 Å². The number of aromatic hydroxyl groups is 1. The van der Waals surface area contributed by atoms with E-state index in [1.54, 1.807) is 48.5 Å². The molecule has 2 aliphatic rings. The summed E-state index contributed by atoms with van der Waals surface area (Å²) in [5.74, 6) is -1.20. The number of carbonyl (C=O) groups excluding carboxylic acids is 3. The molecular formula is C50H36N4O7. The van der Waals surface area contributed by atoms with E-state index in [1.807, 2.05) is 97.1 Å². The van der Waals surface area contributed by atoms with Crippen molar-refractivity contribution >= 4 is 64.3 Å². The van der Waals surface area contributed by atoms with Gasteiger partial charge in [0.25, 0.3) is 0 Å². The van der Waals surface area contributed by atoms with Gasteiger partial charge in [-0.2, -0.15) is 0 Å². The summed E-state index contributed by atoms with van der Waals surface area (Å²) in [6, 6.07) is 36.5. The number of methoxy groups -OCH3 is 3. The number of hydrogen-bond acceptors (Lipinski definition) is 9. The van der Waals surface area contributed by atoms with Crippen LogP contribution in [0.2, 0.25) is 0 Å². The number of nitrogens with one attached hydrogen (secondary N) is 2. The molecule has 3 N–H and O–H groups in total. The Bertz CT molecular complexity index is 3060. The summed E-state index contributed by atoms with van der Waals surface area (Å²) in [5.41, 5.74) is 13.2. The predicted octanol–water partition coefficient (Wildman–Crippen LogP) is 10.4. The minimum absolute atomic E-state index is 0.133. The molecule has 11 heteroatoms. The molecule has 4 aromatic carbocycles. The van der Waals surface area contributed by atoms with Gasteiger partial charge < -0.3 is 29.3 Å². The number of aromatic amines is 2. The van der Waals surface area contributed by atoms with Gasteiger partial charge in [-0.05, 0) is 119 Å². The van der Waals surface area contributed by atoms with Crippen molar-refractivity contribution in [3.8, 4) is 50.3 Å². The van der Waals surface area contributed by atoms with Crippen LogP contribution in [-0.4, -0.2) is 64.3 Å². The minimum atomic E-state index is -0.446. The second-order valence-electron chi connectivity index (χ2n) is 14.3. The number of H-pyrrole nitrogens is 2. The Labute approximate surface area is 349 Å². The highest BCUT2D eigenvalue weighted by Crippen LogP contribution is 2.39. The summed E-state index contributed by atoms with van der Waals surface area (Å²) in [7, 11) is 4.05. The number of fused-ring (bicyclic) bond motifs is 8. The number of phenols is 1. The first-order chi connectivity index (χ1) is 29.7. The van der Waals surface area contributed by atoms with Crippen LogP contribution in [0.1, 0.15) is 53.8 Å². The SMILES string of the molecule is COC(=O)c1ccc(-c2c3nc(c(-c4ccc(C(=O)OC)cc4)c4ccc([nH]4)c(-c4ccc(C(=O)OC)cc4)c4nc(c(-c5ccc(O)cc5)c5ccc2[nH]5)C=C4)C=C3)cc1. The van der Waals surface area contributed by atoms with E-state index in [-0.39, 0.29) is 5.75 Å². The summed E-state index contributed by atoms with van der Waals surface area (Å²) < 4.78 is 14.9. The number of nitrogens with zero attached hydrogens (tertiary/aromatic N) is 2. The van der Waals surface area contributed by atoms with E-state index >= 15 is 0 Å². The Hall–Kier alpha value is -8.31. The summed E-state index contributed by atoms with van der Waals surface area (Å²) in [4.78, 5) is 55.2. The first kappa shape index (κ1) is 38.2. The van der Waals surface area contributed by atoms with Crippen molar-refractivity contribution in [2.24, 2.45) is 0 Å². The summed E-state index contributed by atoms with van der Waals surface area (Å²) in [6.07, 6.45) is 7.84. The lowest BCUT2D eigenvalue weighted by Gasteiger charge is -2.08. The number of carbonyl (C=O) groups is 3. The smallest absolute Gasteiger partial charge is 0.337 e. The van der Waals surface area contributed by atoms with Crippen molar-refractivity contribution in [3.05, 3.63) is 161 Å². The van der Waals surface area contributed by atoms with Gasteiger partial charge in [0.2, 0.25) is 0 Å². The van der Waals surface area contributed by atoms with E-state index in [2.05, 4.69) is 9.97 Å². The quantitative estimate of drug-likeness (QED) is 0.105. The highest BCUT2D eigenvalue weighted by atomic mass is 16.5. The summed E-state index contributed by atoms with van der Waals surface area (Å²) in [6.45, 7) is 0. The predicted molar refractivity (Wildman–Crippen MR) is 236 cm³/mol. The zero-order valence-electron chi connectivity index (χ0n) is 33.1. The molecule has 11 nitrogen and oxygen atoms in total. The van der Waals surface area contributed by atoms with Gasteiger partial charge in [0.1, 0.15) is 5.75 Å². The van der Waals surface area contributed by atoms with Gasteiger partial charge in [-0.1, -0.05) is 48.5 Å². The Morgan fingerprint density at radius 1 is 0.393 bits per heavy atom. The fourth-order valence-electron chi connectivity index (χ4n) is 7.72. The molecule has 2 aliphatic heterocycles. The van der Waals surface area contributed by atoms with Crippen LogP contribution in [-0.2, 0) is 14.2 Å². The van der Waals surface area contributed by atoms with Crippen LogP contribution in [0.15, 0.2) is 121 Å². The van der Waals surface area contributed by atoms with Crippen LogP contribution in [0.4, 0.5) is 0 Å². The van der Waals surface area contributed by atoms with Crippen LogP contribution in [0.25, 0.3) is 90.9 Å². The number of hydrogen-bond donors (Lipinski definition) is 3. The third kappa shape index (κ3) is 7.14. The average Bonchev–Trinajstić information content (AvgIpc) is 4.15. The number of aromatic nitrogens is 4. The maximum Gasteiger partial charge on any atom is 0.337 e. The van der Waals surface area contributed by atoms with Crippen molar-refractivity contribution in [1.82, 2.24) is 19.9 Å². The molecule has 0 saturated carbocycles. The molecule has 298 valence electrons. The van der Waals surface area contributed by atoms with Crippen molar-refractivity contribution in [2.45, 2.75) is 0 Å². The first-order valence-corrected chi connectivity index (χ1v) is 19.2. The third-order valence-corrected chi connectivity index (χ3v) is 10.7. The topological polar surface area (TPSA) is 156 Å². The molecule has 0 aliphatic carbocycles. The largest absolute Gasteiger partial charge is 0.508 e. The molecule has 8 bridgehead atoms. The number of esters is 3. The Morgan fingerprint density at radius 2 is 0.639 bits per heavy atom. The molecule has 0 spiro atoms. The zero-order valence-corrected chi connectivity index (χ0v) is 33.1. The summed E-state index contributed by atoms with van der Waals surface area (Å²) in [5, 5.41) is 10.3. The number of phenolic OH excluding ortho intramolecular Hbond substituents is 1. The van der Waals surface area contributed by atoms with Gasteiger partial charge in [-0.15, -0.1) is 0 Å². The van der Waals surface area contributed by atoms with E-state index in [1.165, 1.54) is 21.3 Å². The normalized spacial score (nSPS) is 11.7. The number of rotatable bonds is 7. The second kappa shape index (κ2) is 15.8. The molecule has 9 rings (SSSR count). The van der Waals surface area contributed by atoms with Crippen LogP contribution < -0.4 is 0 Å². The second-order valence-corrected chi connectivity index (χ2v) is 14.3. The maximum atomic E-state index is 12.5. The molecule has 0 amide bonds. The van der Waals surface area contributed by atoms with Gasteiger partial charge >= 0.3 is 17.9 Å². The standard InChI is InChI=1S/C50H36N4O7/c1-59-48(56)32-10-4-28(5-11-32)44-36-20-22-38(51-36)45(29-6-12-33(13-7-29)49(57)60-2)40-24-26-42(53-40)47(31-16-18-35(55)19-17-31)43-27-25-41(54-43)46(39-23-21-37(44)52-39)30-8-14-34(15-9-30)50(58)61-3/h4-27,51,54-55H,1-3H3. The molecular weight excluding hydrogens is 769 g/mol. The van der Waals surface area contributed by atoms with Crippen molar-refractivity contribution in [3.63, 3.8) is 0 Å². The summed E-state index contributed by atoms with van der Waals surface area (Å²) >= 11 is 0. The van der Waals surface area contributed by atoms with E-state index in [0.29, 0.717) is 39.5 Å². The van der Waals surface area contributed by atoms with Crippen LogP contribution in [0.5, 0.6) is 5.75 Å². The number of benzene rings is 4. The highest BCUT2D eigenvalue weighted by Gasteiger charge is 2.20. The Kier molecular flexibility index (Phi) is 9.90. The molecule has 0 unspecified atom stereocenters. The van der Waals surface area contributed by atoms with Crippen LogP contribution in [0.3, 0.4) is 0 Å². The fourth-order valence-corrected chi connectivity index (χ4v) is 7.72. The molecule has 0 fully saturated rings. The van der Waals surface area contributed by atoms with Gasteiger partial charge in [0, 0.05) is 44.3 Å². The minimum Gasteiger partial charge on any atom is -0.508 e. The van der Waals surface area contributed by atoms with Crippen LogP contribution in [0, 0.1) is 0 Å². The highest BCUT2D eigenvalue weighted by molar-refractivity contribution is 6.01. The van der Waals surface area contributed by atoms with Crippen molar-refractivity contribution in [1.29, 1.82) is 0 Å². The lowest BCUT2D eigenvalue weighted by atomic mass is 10.0. The first-order valence-electron chi connectivity index (χ1n) is 19.2. The Balaban J connectivity index is 1.41. The zero-order chi connectivity index (χ0) is 42.2. The fraction of sp³-hybridized carbons (Fsp3) is 0.0600. The molecule has 5 heterocycles. The molecule has 0 atom stereocenters. The van der Waals surface area contributed by atoms with Gasteiger partial charge in [0.05, 0.1) is 60.8 Å². The lowest BCUT2D eigenvalue weighted by Crippen LogP contribution is -2.00. The molecule has 0 radical (unpaired) electrons. The van der Waals surface area contributed by atoms with Gasteiger partial charge in [-0.25, -0.2) is 24.4 Å². The van der Waals surface area contributed by atoms with Crippen molar-refractivity contribution in [2.75, 3.05) is 21.3 Å². The van der Waals surface area contributed by atoms with Crippen molar-refractivity contribution < 1.29 is 33.7 Å². The maximum absolute atomic E-state index is 12.5. The van der Waals surface area contributed by atoms with E-state index in [0.717, 1.165) is 66.6 Å². The molecule has 3 aromatic heterocycles. The van der Waals surface area contributed by atoms with Gasteiger partial charge in [-0.3, -0.25) is 0 Å². The number of ether oxygens (including phenoxy) is 3. The van der Waals surface area contributed by atoms with E-state index < -0.39 is 17.9 Å². The third-order valence-electron chi connectivity index (χ3n) is 10.7. The Morgan fingerprint density at radius 3 is 0.885 bits per heavy atom. The van der Waals surface area contributed by atoms with E-state index in [9.17, 15) is 19.5 Å². The van der Waals surface area contributed by atoms with Crippen LogP contribution >= 0.6 is 0 Å². The molecule has 0 saturated heterocycles. The average molecular weight is 805 g/mol.